The predicted molar refractivity (Wildman–Crippen MR) is 86.2 cm³/mol. The van der Waals surface area contributed by atoms with Crippen molar-refractivity contribution in [1.82, 2.24) is 15.1 Å². The van der Waals surface area contributed by atoms with Crippen molar-refractivity contribution in [2.24, 2.45) is 17.8 Å². The van der Waals surface area contributed by atoms with Crippen LogP contribution in [0.2, 0.25) is 0 Å². The molecule has 1 aromatic carbocycles. The maximum absolute atomic E-state index is 13.8. The first-order valence-corrected chi connectivity index (χ1v) is 8.39. The van der Waals surface area contributed by atoms with Gasteiger partial charge in [-0.15, -0.1) is 0 Å². The second-order valence-corrected chi connectivity index (χ2v) is 6.78. The van der Waals surface area contributed by atoms with Crippen LogP contribution in [0.25, 0.3) is 5.69 Å². The minimum absolute atomic E-state index is 0.0138. The molecule has 0 aliphatic heterocycles. The van der Waals surface area contributed by atoms with Crippen LogP contribution in [0.4, 0.5) is 4.39 Å². The lowest BCUT2D eigenvalue weighted by Gasteiger charge is -2.30. The van der Waals surface area contributed by atoms with E-state index < -0.39 is 0 Å². The fourth-order valence-electron chi connectivity index (χ4n) is 4.34. The number of halogens is 1. The molecule has 6 heteroatoms. The first-order chi connectivity index (χ1) is 11.7. The van der Waals surface area contributed by atoms with E-state index in [1.807, 2.05) is 0 Å². The highest BCUT2D eigenvalue weighted by Crippen LogP contribution is 2.48. The molecule has 2 saturated carbocycles. The van der Waals surface area contributed by atoms with Crippen molar-refractivity contribution in [2.45, 2.75) is 25.3 Å². The van der Waals surface area contributed by atoms with Gasteiger partial charge >= 0.3 is 0 Å². The van der Waals surface area contributed by atoms with Gasteiger partial charge in [0.25, 0.3) is 5.91 Å². The van der Waals surface area contributed by atoms with Crippen molar-refractivity contribution in [2.75, 3.05) is 6.61 Å². The number of amides is 1. The van der Waals surface area contributed by atoms with Crippen LogP contribution in [0, 0.1) is 23.6 Å². The number of aliphatic hydroxyl groups excluding tert-OH is 1. The van der Waals surface area contributed by atoms with Gasteiger partial charge < -0.3 is 10.4 Å². The molecule has 4 rings (SSSR count). The number of aliphatic hydroxyl groups is 1. The Labute approximate surface area is 139 Å². The van der Waals surface area contributed by atoms with Crippen LogP contribution in [0.5, 0.6) is 0 Å². The monoisotopic (exact) mass is 329 g/mol. The molecule has 24 heavy (non-hydrogen) atoms. The second-order valence-electron chi connectivity index (χ2n) is 6.78. The Morgan fingerprint density at radius 3 is 2.88 bits per heavy atom. The quantitative estimate of drug-likeness (QED) is 0.903. The Morgan fingerprint density at radius 1 is 1.29 bits per heavy atom. The summed E-state index contributed by atoms with van der Waals surface area (Å²) in [5.41, 5.74) is 0.572. The van der Waals surface area contributed by atoms with Crippen LogP contribution in [-0.2, 0) is 0 Å². The third-order valence-corrected chi connectivity index (χ3v) is 5.52. The summed E-state index contributed by atoms with van der Waals surface area (Å²) in [6.07, 6.45) is 4.91. The topological polar surface area (TPSA) is 67.2 Å². The van der Waals surface area contributed by atoms with Crippen LogP contribution in [0.1, 0.15) is 29.8 Å². The van der Waals surface area contributed by atoms with Crippen LogP contribution in [-0.4, -0.2) is 33.4 Å². The molecular formula is C18H20FN3O2. The van der Waals surface area contributed by atoms with E-state index >= 15 is 0 Å². The molecule has 2 N–H and O–H groups in total. The highest BCUT2D eigenvalue weighted by Gasteiger charge is 2.47. The number of benzene rings is 1. The molecule has 2 fully saturated rings. The standard InChI is InChI=1S/C18H20FN3O2/c19-14-3-1-2-4-16(14)22-8-7-15(21-22)18(24)20-17-12-6-5-11(9-12)13(17)10-23/h1-4,7-8,11-13,17,23H,5-6,9-10H2,(H,20,24). The van der Waals surface area contributed by atoms with Gasteiger partial charge in [0.2, 0.25) is 0 Å². The summed E-state index contributed by atoms with van der Waals surface area (Å²) in [6.45, 7) is 0.107. The van der Waals surface area contributed by atoms with Crippen molar-refractivity contribution < 1.29 is 14.3 Å². The fourth-order valence-corrected chi connectivity index (χ4v) is 4.34. The van der Waals surface area contributed by atoms with E-state index in [1.54, 1.807) is 30.5 Å². The molecular weight excluding hydrogens is 309 g/mol. The van der Waals surface area contributed by atoms with E-state index in [4.69, 9.17) is 0 Å². The van der Waals surface area contributed by atoms with Gasteiger partial charge in [0.15, 0.2) is 5.69 Å². The number of hydrogen-bond acceptors (Lipinski definition) is 3. The van der Waals surface area contributed by atoms with E-state index in [1.165, 1.54) is 10.7 Å². The third kappa shape index (κ3) is 2.51. The number of para-hydroxylation sites is 1. The normalized spacial score (nSPS) is 28.2. The molecule has 4 unspecified atom stereocenters. The van der Waals surface area contributed by atoms with Gasteiger partial charge in [-0.3, -0.25) is 4.79 Å². The average molecular weight is 329 g/mol. The first-order valence-electron chi connectivity index (χ1n) is 8.39. The lowest BCUT2D eigenvalue weighted by atomic mass is 9.85. The summed E-state index contributed by atoms with van der Waals surface area (Å²) >= 11 is 0. The van der Waals surface area contributed by atoms with Crippen molar-refractivity contribution in [1.29, 1.82) is 0 Å². The molecule has 126 valence electrons. The first kappa shape index (κ1) is 15.3. The maximum atomic E-state index is 13.8. The SMILES string of the molecule is O=C(NC1C2CCC(C2)C1CO)c1ccn(-c2ccccc2F)n1. The number of aromatic nitrogens is 2. The highest BCUT2D eigenvalue weighted by molar-refractivity contribution is 5.92. The van der Waals surface area contributed by atoms with Crippen LogP contribution >= 0.6 is 0 Å². The number of carbonyl (C=O) groups is 1. The molecule has 2 bridgehead atoms. The summed E-state index contributed by atoms with van der Waals surface area (Å²) in [4.78, 5) is 12.5. The Kier molecular flexibility index (Phi) is 3.84. The predicted octanol–water partition coefficient (Wildman–Crippen LogP) is 2.15. The van der Waals surface area contributed by atoms with Crippen LogP contribution < -0.4 is 5.32 Å². The van der Waals surface area contributed by atoms with Crippen LogP contribution in [0.15, 0.2) is 36.5 Å². The van der Waals surface area contributed by atoms with Crippen molar-refractivity contribution in [3.8, 4) is 5.69 Å². The van der Waals surface area contributed by atoms with Gasteiger partial charge in [-0.25, -0.2) is 9.07 Å². The van der Waals surface area contributed by atoms with E-state index in [2.05, 4.69) is 10.4 Å². The Morgan fingerprint density at radius 2 is 2.08 bits per heavy atom. The van der Waals surface area contributed by atoms with Crippen molar-refractivity contribution >= 4 is 5.91 Å². The molecule has 2 aromatic rings. The molecule has 0 saturated heterocycles. The van der Waals surface area contributed by atoms with E-state index in [9.17, 15) is 14.3 Å². The zero-order valence-corrected chi connectivity index (χ0v) is 13.2. The molecule has 5 nitrogen and oxygen atoms in total. The Bertz CT molecular complexity index is 760. The van der Waals surface area contributed by atoms with E-state index in [-0.39, 0.29) is 36.0 Å². The van der Waals surface area contributed by atoms with Gasteiger partial charge in [-0.05, 0) is 49.3 Å². The van der Waals surface area contributed by atoms with Crippen molar-refractivity contribution in [3.63, 3.8) is 0 Å². The lowest BCUT2D eigenvalue weighted by molar-refractivity contribution is 0.0856. The smallest absolute Gasteiger partial charge is 0.272 e. The Hall–Kier alpha value is -2.21. The van der Waals surface area contributed by atoms with Gasteiger partial charge in [0, 0.05) is 24.8 Å². The largest absolute Gasteiger partial charge is 0.396 e. The van der Waals surface area contributed by atoms with E-state index in [0.29, 0.717) is 17.5 Å². The number of nitrogens with one attached hydrogen (secondary N) is 1. The molecule has 1 amide bonds. The van der Waals surface area contributed by atoms with Gasteiger partial charge in [0.05, 0.1) is 0 Å². The summed E-state index contributed by atoms with van der Waals surface area (Å²) in [6, 6.07) is 7.91. The zero-order valence-electron chi connectivity index (χ0n) is 13.2. The van der Waals surface area contributed by atoms with Gasteiger partial charge in [-0.1, -0.05) is 12.1 Å². The van der Waals surface area contributed by atoms with Crippen molar-refractivity contribution in [3.05, 3.63) is 48.0 Å². The zero-order chi connectivity index (χ0) is 16.7. The summed E-state index contributed by atoms with van der Waals surface area (Å²) < 4.78 is 15.2. The summed E-state index contributed by atoms with van der Waals surface area (Å²) in [7, 11) is 0. The molecule has 2 aliphatic rings. The van der Waals surface area contributed by atoms with Crippen LogP contribution in [0.3, 0.4) is 0 Å². The molecule has 1 aromatic heterocycles. The molecule has 2 aliphatic carbocycles. The minimum Gasteiger partial charge on any atom is -0.396 e. The lowest BCUT2D eigenvalue weighted by Crippen LogP contribution is -2.45. The summed E-state index contributed by atoms with van der Waals surface area (Å²) in [5, 5.41) is 16.8. The van der Waals surface area contributed by atoms with Gasteiger partial charge in [0.1, 0.15) is 11.5 Å². The fraction of sp³-hybridized carbons (Fsp3) is 0.444. The number of nitrogens with zero attached hydrogens (tertiary/aromatic N) is 2. The highest BCUT2D eigenvalue weighted by atomic mass is 19.1. The second kappa shape index (κ2) is 6.02. The number of rotatable bonds is 4. The van der Waals surface area contributed by atoms with E-state index in [0.717, 1.165) is 19.3 Å². The Balaban J connectivity index is 1.51. The molecule has 4 atom stereocenters. The number of hydrogen-bond donors (Lipinski definition) is 2. The minimum atomic E-state index is -0.388. The molecule has 1 heterocycles. The van der Waals surface area contributed by atoms with Gasteiger partial charge in [-0.2, -0.15) is 5.10 Å². The number of fused-ring (bicyclic) bond motifs is 2. The summed E-state index contributed by atoms with van der Waals surface area (Å²) in [5.74, 6) is 0.453. The molecule has 0 radical (unpaired) electrons. The average Bonchev–Trinajstić information content (AvgIpc) is 3.31. The molecule has 0 spiro atoms. The maximum Gasteiger partial charge on any atom is 0.272 e. The third-order valence-electron chi connectivity index (χ3n) is 5.52. The number of carbonyl (C=O) groups excluding carboxylic acids is 1.